The van der Waals surface area contributed by atoms with E-state index < -0.39 is 0 Å². The third kappa shape index (κ3) is 2.98. The molecule has 1 aromatic carbocycles. The molecular weight excluding hydrogens is 288 g/mol. The zero-order chi connectivity index (χ0) is 14.8. The van der Waals surface area contributed by atoms with Gasteiger partial charge in [-0.2, -0.15) is 0 Å². The van der Waals surface area contributed by atoms with Crippen molar-refractivity contribution in [2.45, 2.75) is 38.3 Å². The van der Waals surface area contributed by atoms with Crippen LogP contribution in [0.5, 0.6) is 11.5 Å². The molecule has 21 heavy (non-hydrogen) atoms. The quantitative estimate of drug-likeness (QED) is 0.912. The Labute approximate surface area is 131 Å². The van der Waals surface area contributed by atoms with Gasteiger partial charge in [0.25, 0.3) is 0 Å². The largest absolute Gasteiger partial charge is 0.489 e. The zero-order valence-electron chi connectivity index (χ0n) is 12.5. The normalized spacial score (nSPS) is 26.4. The molecule has 0 aliphatic carbocycles. The van der Waals surface area contributed by atoms with E-state index in [-0.39, 0.29) is 12.1 Å². The van der Waals surface area contributed by atoms with Gasteiger partial charge in [-0.05, 0) is 43.6 Å². The van der Waals surface area contributed by atoms with Gasteiger partial charge in [0.05, 0.1) is 24.3 Å². The van der Waals surface area contributed by atoms with Crippen molar-refractivity contribution in [1.29, 1.82) is 0 Å². The number of rotatable bonds is 2. The van der Waals surface area contributed by atoms with Crippen molar-refractivity contribution in [1.82, 2.24) is 4.90 Å². The van der Waals surface area contributed by atoms with Gasteiger partial charge >= 0.3 is 0 Å². The van der Waals surface area contributed by atoms with Crippen LogP contribution in [0.3, 0.4) is 0 Å². The Morgan fingerprint density at radius 2 is 2.10 bits per heavy atom. The molecule has 2 atom stereocenters. The van der Waals surface area contributed by atoms with Gasteiger partial charge in [-0.15, -0.1) is 0 Å². The van der Waals surface area contributed by atoms with E-state index in [2.05, 4.69) is 17.9 Å². The Kier molecular flexibility index (Phi) is 4.57. The summed E-state index contributed by atoms with van der Waals surface area (Å²) < 4.78 is 11.5. The van der Waals surface area contributed by atoms with Crippen LogP contribution in [-0.4, -0.2) is 37.2 Å². The van der Waals surface area contributed by atoms with Gasteiger partial charge in [0.1, 0.15) is 0 Å². The molecular formula is C16H23ClN2O2. The maximum absolute atomic E-state index is 6.41. The average Bonchev–Trinajstić information content (AvgIpc) is 2.72. The predicted octanol–water partition coefficient (Wildman–Crippen LogP) is 2.99. The highest BCUT2D eigenvalue weighted by molar-refractivity contribution is 6.32. The van der Waals surface area contributed by atoms with Crippen molar-refractivity contribution in [3.8, 4) is 11.5 Å². The standard InChI is InChI=1S/C16H23ClN2O2/c1-2-19-6-3-5-13(18)15(19)11-9-12(17)16-14(10-11)20-7-4-8-21-16/h9-10,13,15H,2-8,18H2,1H3. The lowest BCUT2D eigenvalue weighted by Gasteiger charge is -2.39. The van der Waals surface area contributed by atoms with E-state index in [1.54, 1.807) is 0 Å². The lowest BCUT2D eigenvalue weighted by molar-refractivity contribution is 0.135. The fraction of sp³-hybridized carbons (Fsp3) is 0.625. The molecule has 2 aliphatic heterocycles. The van der Waals surface area contributed by atoms with Crippen molar-refractivity contribution in [3.05, 3.63) is 22.7 Å². The lowest BCUT2D eigenvalue weighted by atomic mass is 9.90. The smallest absolute Gasteiger partial charge is 0.179 e. The Morgan fingerprint density at radius 3 is 2.90 bits per heavy atom. The average molecular weight is 311 g/mol. The summed E-state index contributed by atoms with van der Waals surface area (Å²) in [6.07, 6.45) is 3.08. The number of ether oxygens (including phenoxy) is 2. The minimum Gasteiger partial charge on any atom is -0.489 e. The number of benzene rings is 1. The van der Waals surface area contributed by atoms with E-state index in [0.29, 0.717) is 24.0 Å². The topological polar surface area (TPSA) is 47.7 Å². The number of halogens is 1. The number of hydrogen-bond donors (Lipinski definition) is 1. The molecule has 2 heterocycles. The van der Waals surface area contributed by atoms with Crippen molar-refractivity contribution in [2.75, 3.05) is 26.3 Å². The van der Waals surface area contributed by atoms with Crippen molar-refractivity contribution in [3.63, 3.8) is 0 Å². The highest BCUT2D eigenvalue weighted by Crippen LogP contribution is 2.41. The molecule has 5 heteroatoms. The number of likely N-dealkylation sites (tertiary alicyclic amines) is 1. The van der Waals surface area contributed by atoms with Crippen LogP contribution in [0.4, 0.5) is 0 Å². The van der Waals surface area contributed by atoms with E-state index in [0.717, 1.165) is 43.7 Å². The first-order chi connectivity index (χ1) is 10.2. The van der Waals surface area contributed by atoms with Gasteiger partial charge in [-0.1, -0.05) is 18.5 Å². The molecule has 0 aromatic heterocycles. The van der Waals surface area contributed by atoms with Gasteiger partial charge in [-0.3, -0.25) is 4.90 Å². The number of nitrogens with two attached hydrogens (primary N) is 1. The summed E-state index contributed by atoms with van der Waals surface area (Å²) in [5.74, 6) is 1.43. The van der Waals surface area contributed by atoms with E-state index in [4.69, 9.17) is 26.8 Å². The minimum atomic E-state index is 0.138. The third-order valence-corrected chi connectivity index (χ3v) is 4.63. The molecule has 0 spiro atoms. The number of nitrogens with zero attached hydrogens (tertiary/aromatic N) is 1. The summed E-state index contributed by atoms with van der Waals surface area (Å²) in [5, 5.41) is 0.623. The molecule has 4 nitrogen and oxygen atoms in total. The van der Waals surface area contributed by atoms with E-state index in [1.165, 1.54) is 0 Å². The monoisotopic (exact) mass is 310 g/mol. The molecule has 1 saturated heterocycles. The zero-order valence-corrected chi connectivity index (χ0v) is 13.2. The van der Waals surface area contributed by atoms with Crippen LogP contribution in [0.2, 0.25) is 5.02 Å². The van der Waals surface area contributed by atoms with Crippen molar-refractivity contribution < 1.29 is 9.47 Å². The second-order valence-corrected chi connectivity index (χ2v) is 6.17. The first-order valence-electron chi connectivity index (χ1n) is 7.79. The Morgan fingerprint density at radius 1 is 1.29 bits per heavy atom. The molecule has 0 radical (unpaired) electrons. The summed E-state index contributed by atoms with van der Waals surface area (Å²) in [7, 11) is 0. The highest BCUT2D eigenvalue weighted by atomic mass is 35.5. The number of likely N-dealkylation sites (N-methyl/N-ethyl adjacent to an activating group) is 1. The van der Waals surface area contributed by atoms with E-state index in [9.17, 15) is 0 Å². The Hall–Kier alpha value is -0.970. The van der Waals surface area contributed by atoms with Crippen molar-refractivity contribution >= 4 is 11.6 Å². The number of piperidine rings is 1. The summed E-state index contributed by atoms with van der Waals surface area (Å²) >= 11 is 6.41. The van der Waals surface area contributed by atoms with Crippen LogP contribution in [-0.2, 0) is 0 Å². The van der Waals surface area contributed by atoms with E-state index in [1.807, 2.05) is 6.07 Å². The van der Waals surface area contributed by atoms with E-state index >= 15 is 0 Å². The summed E-state index contributed by atoms with van der Waals surface area (Å²) in [6.45, 7) is 5.57. The number of fused-ring (bicyclic) bond motifs is 1. The molecule has 0 saturated carbocycles. The van der Waals surface area contributed by atoms with Crippen LogP contribution >= 0.6 is 11.6 Å². The fourth-order valence-electron chi connectivity index (χ4n) is 3.33. The predicted molar refractivity (Wildman–Crippen MR) is 84.3 cm³/mol. The van der Waals surface area contributed by atoms with Gasteiger partial charge < -0.3 is 15.2 Å². The van der Waals surface area contributed by atoms with Crippen LogP contribution in [0, 0.1) is 0 Å². The molecule has 0 amide bonds. The third-order valence-electron chi connectivity index (χ3n) is 4.35. The lowest BCUT2D eigenvalue weighted by Crippen LogP contribution is -2.45. The second-order valence-electron chi connectivity index (χ2n) is 5.76. The summed E-state index contributed by atoms with van der Waals surface area (Å²) in [4.78, 5) is 2.42. The van der Waals surface area contributed by atoms with Crippen LogP contribution in [0.25, 0.3) is 0 Å². The Bertz CT molecular complexity index is 509. The van der Waals surface area contributed by atoms with Gasteiger partial charge in [0, 0.05) is 12.5 Å². The van der Waals surface area contributed by atoms with Gasteiger partial charge in [0.15, 0.2) is 11.5 Å². The van der Waals surface area contributed by atoms with Crippen LogP contribution < -0.4 is 15.2 Å². The minimum absolute atomic E-state index is 0.138. The SMILES string of the molecule is CCN1CCCC(N)C1c1cc(Cl)c2c(c1)OCCCO2. The second kappa shape index (κ2) is 6.42. The molecule has 2 unspecified atom stereocenters. The molecule has 1 aromatic rings. The molecule has 3 rings (SSSR count). The van der Waals surface area contributed by atoms with Crippen molar-refractivity contribution in [2.24, 2.45) is 5.73 Å². The maximum Gasteiger partial charge on any atom is 0.179 e. The fourth-order valence-corrected chi connectivity index (χ4v) is 3.61. The molecule has 2 aliphatic rings. The molecule has 116 valence electrons. The first kappa shape index (κ1) is 14.9. The van der Waals surface area contributed by atoms with Gasteiger partial charge in [0.2, 0.25) is 0 Å². The summed E-state index contributed by atoms with van der Waals surface area (Å²) in [5.41, 5.74) is 7.51. The number of hydrogen-bond acceptors (Lipinski definition) is 4. The maximum atomic E-state index is 6.41. The first-order valence-corrected chi connectivity index (χ1v) is 8.17. The van der Waals surface area contributed by atoms with Crippen LogP contribution in [0.1, 0.15) is 37.8 Å². The Balaban J connectivity index is 1.97. The summed E-state index contributed by atoms with van der Waals surface area (Å²) in [6, 6.07) is 4.40. The molecule has 0 bridgehead atoms. The highest BCUT2D eigenvalue weighted by Gasteiger charge is 2.31. The van der Waals surface area contributed by atoms with Crippen LogP contribution in [0.15, 0.2) is 12.1 Å². The van der Waals surface area contributed by atoms with Gasteiger partial charge in [-0.25, -0.2) is 0 Å². The molecule has 1 fully saturated rings. The molecule has 2 N–H and O–H groups in total.